The maximum absolute atomic E-state index is 12.7. The Hall–Kier alpha value is -2.65. The molecule has 2 aromatic rings. The lowest BCUT2D eigenvalue weighted by Gasteiger charge is -2.16. The van der Waals surface area contributed by atoms with Gasteiger partial charge in [0.25, 0.3) is 0 Å². The fourth-order valence-electron chi connectivity index (χ4n) is 2.63. The van der Waals surface area contributed by atoms with E-state index in [9.17, 15) is 18.0 Å². The molecule has 8 nitrogen and oxygen atoms in total. The number of ether oxygens (including phenoxy) is 1. The highest BCUT2D eigenvalue weighted by Crippen LogP contribution is 2.18. The van der Waals surface area contributed by atoms with Crippen LogP contribution in [-0.4, -0.2) is 49.4 Å². The van der Waals surface area contributed by atoms with E-state index < -0.39 is 21.9 Å². The van der Waals surface area contributed by atoms with Crippen LogP contribution in [0.15, 0.2) is 41.4 Å². The van der Waals surface area contributed by atoms with Crippen molar-refractivity contribution < 1.29 is 22.7 Å². The lowest BCUT2D eigenvalue weighted by molar-refractivity contribution is -0.121. The summed E-state index contributed by atoms with van der Waals surface area (Å²) < 4.78 is 32.7. The Morgan fingerprint density at radius 3 is 2.61 bits per heavy atom. The second-order valence-corrected chi connectivity index (χ2v) is 8.46. The van der Waals surface area contributed by atoms with Gasteiger partial charge in [-0.3, -0.25) is 4.79 Å². The van der Waals surface area contributed by atoms with Crippen molar-refractivity contribution in [2.45, 2.75) is 25.3 Å². The molecule has 1 heterocycles. The second-order valence-electron chi connectivity index (χ2n) is 6.42. The molecule has 2 rings (SSSR count). The zero-order valence-corrected chi connectivity index (χ0v) is 17.2. The molecule has 28 heavy (non-hydrogen) atoms. The summed E-state index contributed by atoms with van der Waals surface area (Å²) in [5.74, 6) is -1.03. The highest BCUT2D eigenvalue weighted by Gasteiger charge is 2.26. The number of esters is 1. The predicted octanol–water partition coefficient (Wildman–Crippen LogP) is 1.45. The molecule has 0 spiro atoms. The third-order valence-corrected chi connectivity index (χ3v) is 5.88. The van der Waals surface area contributed by atoms with Crippen molar-refractivity contribution >= 4 is 21.9 Å². The van der Waals surface area contributed by atoms with Crippen LogP contribution in [-0.2, 0) is 33.1 Å². The van der Waals surface area contributed by atoms with Crippen molar-refractivity contribution in [1.82, 2.24) is 14.2 Å². The Bertz CT molecular complexity index is 966. The summed E-state index contributed by atoms with van der Waals surface area (Å²) >= 11 is 0. The Kier molecular flexibility index (Phi) is 6.98. The minimum atomic E-state index is -3.93. The number of nitrogens with zero attached hydrogens (tertiary/aromatic N) is 2. The molecule has 1 N–H and O–H groups in total. The molecule has 1 amide bonds. The van der Waals surface area contributed by atoms with Gasteiger partial charge in [-0.05, 0) is 25.5 Å². The maximum atomic E-state index is 12.7. The summed E-state index contributed by atoms with van der Waals surface area (Å²) in [7, 11) is -1.06. The van der Waals surface area contributed by atoms with Crippen LogP contribution in [0.25, 0.3) is 0 Å². The quantitative estimate of drug-likeness (QED) is 0.668. The summed E-state index contributed by atoms with van der Waals surface area (Å²) in [6, 6.07) is 8.92. The zero-order chi connectivity index (χ0) is 20.9. The molecule has 152 valence electrons. The van der Waals surface area contributed by atoms with Gasteiger partial charge >= 0.3 is 5.97 Å². The Labute approximate surface area is 165 Å². The molecule has 0 radical (unpaired) electrons. The number of hydrogen-bond donors (Lipinski definition) is 1. The SMILES string of the molecule is CCOC(=O)c1cc(S(=O)(=O)N(C)CC(=O)NCc2cccc(C)c2)cn1C. The van der Waals surface area contributed by atoms with Gasteiger partial charge in [0.15, 0.2) is 0 Å². The van der Waals surface area contributed by atoms with Gasteiger partial charge in [-0.1, -0.05) is 29.8 Å². The van der Waals surface area contributed by atoms with Crippen molar-refractivity contribution in [1.29, 1.82) is 0 Å². The summed E-state index contributed by atoms with van der Waals surface area (Å²) in [6.45, 7) is 3.79. The highest BCUT2D eigenvalue weighted by atomic mass is 32.2. The van der Waals surface area contributed by atoms with Gasteiger partial charge in [-0.25, -0.2) is 13.2 Å². The van der Waals surface area contributed by atoms with E-state index in [1.54, 1.807) is 14.0 Å². The number of rotatable bonds is 8. The van der Waals surface area contributed by atoms with E-state index in [1.807, 2.05) is 31.2 Å². The number of aromatic nitrogens is 1. The molecular formula is C19H25N3O5S. The number of aryl methyl sites for hydroxylation is 2. The monoisotopic (exact) mass is 407 g/mol. The van der Waals surface area contributed by atoms with Crippen LogP contribution in [0.4, 0.5) is 0 Å². The first-order valence-corrected chi connectivity index (χ1v) is 10.2. The number of carbonyl (C=O) groups excluding carboxylic acids is 2. The number of sulfonamides is 1. The van der Waals surface area contributed by atoms with Crippen molar-refractivity contribution in [3.63, 3.8) is 0 Å². The van der Waals surface area contributed by atoms with Gasteiger partial charge in [-0.2, -0.15) is 4.31 Å². The number of nitrogens with one attached hydrogen (secondary N) is 1. The maximum Gasteiger partial charge on any atom is 0.354 e. The first-order valence-electron chi connectivity index (χ1n) is 8.77. The molecule has 0 saturated carbocycles. The Balaban J connectivity index is 2.04. The van der Waals surface area contributed by atoms with Crippen LogP contribution in [0.2, 0.25) is 0 Å². The Morgan fingerprint density at radius 1 is 1.25 bits per heavy atom. The molecule has 9 heteroatoms. The lowest BCUT2D eigenvalue weighted by Crippen LogP contribution is -2.38. The van der Waals surface area contributed by atoms with Crippen LogP contribution in [0.1, 0.15) is 28.5 Å². The van der Waals surface area contributed by atoms with Crippen LogP contribution >= 0.6 is 0 Å². The lowest BCUT2D eigenvalue weighted by atomic mass is 10.1. The van der Waals surface area contributed by atoms with Crippen LogP contribution < -0.4 is 5.32 Å². The third-order valence-electron chi connectivity index (χ3n) is 4.11. The van der Waals surface area contributed by atoms with Gasteiger partial charge in [0.1, 0.15) is 10.6 Å². The average molecular weight is 407 g/mol. The van der Waals surface area contributed by atoms with Crippen LogP contribution in [0.5, 0.6) is 0 Å². The van der Waals surface area contributed by atoms with Crippen molar-refractivity contribution in [3.05, 3.63) is 53.3 Å². The van der Waals surface area contributed by atoms with Gasteiger partial charge < -0.3 is 14.6 Å². The molecule has 0 aliphatic heterocycles. The van der Waals surface area contributed by atoms with Crippen LogP contribution in [0, 0.1) is 6.92 Å². The smallest absolute Gasteiger partial charge is 0.354 e. The average Bonchev–Trinajstić information content (AvgIpc) is 3.03. The molecule has 0 aliphatic rings. The largest absolute Gasteiger partial charge is 0.461 e. The van der Waals surface area contributed by atoms with Gasteiger partial charge in [0.2, 0.25) is 15.9 Å². The van der Waals surface area contributed by atoms with Crippen molar-refractivity contribution in [3.8, 4) is 0 Å². The number of benzene rings is 1. The van der Waals surface area contributed by atoms with Gasteiger partial charge in [-0.15, -0.1) is 0 Å². The number of amides is 1. The molecule has 0 aliphatic carbocycles. The molecular weight excluding hydrogens is 382 g/mol. The van der Waals surface area contributed by atoms with E-state index in [2.05, 4.69) is 5.32 Å². The first kappa shape index (κ1) is 21.6. The Morgan fingerprint density at radius 2 is 1.96 bits per heavy atom. The van der Waals surface area contributed by atoms with Crippen molar-refractivity contribution in [2.24, 2.45) is 7.05 Å². The highest BCUT2D eigenvalue weighted by molar-refractivity contribution is 7.89. The summed E-state index contributed by atoms with van der Waals surface area (Å²) in [5, 5.41) is 2.71. The normalized spacial score (nSPS) is 11.5. The standard InChI is InChI=1S/C19H25N3O5S/c1-5-27-19(24)17-10-16(12-21(17)3)28(25,26)22(4)13-18(23)20-11-15-8-6-7-14(2)9-15/h6-10,12H,5,11,13H2,1-4H3,(H,20,23). The molecule has 0 unspecified atom stereocenters. The first-order chi connectivity index (χ1) is 13.1. The van der Waals surface area contributed by atoms with E-state index in [1.165, 1.54) is 23.9 Å². The molecule has 0 saturated heterocycles. The summed E-state index contributed by atoms with van der Waals surface area (Å²) in [5.41, 5.74) is 2.13. The van der Waals surface area contributed by atoms with Crippen LogP contribution in [0.3, 0.4) is 0 Å². The van der Waals surface area contributed by atoms with E-state index >= 15 is 0 Å². The van der Waals surface area contributed by atoms with Crippen molar-refractivity contribution in [2.75, 3.05) is 20.2 Å². The fraction of sp³-hybridized carbons (Fsp3) is 0.368. The fourth-order valence-corrected chi connectivity index (χ4v) is 3.83. The molecule has 1 aromatic heterocycles. The number of carbonyl (C=O) groups is 2. The second kappa shape index (κ2) is 9.03. The van der Waals surface area contributed by atoms with E-state index in [-0.39, 0.29) is 23.7 Å². The number of hydrogen-bond acceptors (Lipinski definition) is 5. The molecule has 0 bridgehead atoms. The third kappa shape index (κ3) is 5.20. The topological polar surface area (TPSA) is 97.7 Å². The summed E-state index contributed by atoms with van der Waals surface area (Å²) in [6.07, 6.45) is 1.32. The minimum Gasteiger partial charge on any atom is -0.461 e. The molecule has 0 fully saturated rings. The van der Waals surface area contributed by atoms with Gasteiger partial charge in [0.05, 0.1) is 13.2 Å². The van der Waals surface area contributed by atoms with Gasteiger partial charge in [0, 0.05) is 26.8 Å². The minimum absolute atomic E-state index is 0.0768. The van der Waals surface area contributed by atoms with E-state index in [0.29, 0.717) is 6.54 Å². The van der Waals surface area contributed by atoms with E-state index in [0.717, 1.165) is 15.4 Å². The summed E-state index contributed by atoms with van der Waals surface area (Å²) in [4.78, 5) is 24.0. The molecule has 1 aromatic carbocycles. The predicted molar refractivity (Wildman–Crippen MR) is 104 cm³/mol. The van der Waals surface area contributed by atoms with E-state index in [4.69, 9.17) is 4.74 Å². The molecule has 0 atom stereocenters. The number of likely N-dealkylation sites (N-methyl/N-ethyl adjacent to an activating group) is 1. The zero-order valence-electron chi connectivity index (χ0n) is 16.4.